The van der Waals surface area contributed by atoms with Crippen molar-refractivity contribution in [3.05, 3.63) is 48.0 Å². The third-order valence-electron chi connectivity index (χ3n) is 4.58. The van der Waals surface area contributed by atoms with Gasteiger partial charge in [0, 0.05) is 16.5 Å². The number of nitrogens with one attached hydrogen (secondary N) is 1. The van der Waals surface area contributed by atoms with Crippen LogP contribution in [0.3, 0.4) is 0 Å². The van der Waals surface area contributed by atoms with Crippen molar-refractivity contribution in [3.8, 4) is 11.5 Å². The number of esters is 1. The van der Waals surface area contributed by atoms with E-state index in [-0.39, 0.29) is 24.0 Å². The number of phenols is 1. The van der Waals surface area contributed by atoms with E-state index in [0.29, 0.717) is 23.4 Å². The van der Waals surface area contributed by atoms with Crippen molar-refractivity contribution in [2.24, 2.45) is 5.92 Å². The summed E-state index contributed by atoms with van der Waals surface area (Å²) in [5.74, 6) is -0.364. The molecule has 0 unspecified atom stereocenters. The molecule has 0 aliphatic heterocycles. The van der Waals surface area contributed by atoms with Gasteiger partial charge in [-0.05, 0) is 54.6 Å². The number of benzene rings is 2. The van der Waals surface area contributed by atoms with Crippen LogP contribution in [-0.2, 0) is 14.3 Å². The van der Waals surface area contributed by atoms with Crippen LogP contribution in [0.15, 0.2) is 47.4 Å². The number of hydrogen-bond donors (Lipinski definition) is 3. The minimum atomic E-state index is -0.683. The molecule has 168 valence electrons. The Morgan fingerprint density at radius 3 is 2.48 bits per heavy atom. The Labute approximate surface area is 191 Å². The lowest BCUT2D eigenvalue weighted by Gasteiger charge is -2.25. The Bertz CT molecular complexity index is 875. The van der Waals surface area contributed by atoms with Crippen LogP contribution in [0.5, 0.6) is 11.5 Å². The van der Waals surface area contributed by atoms with E-state index in [1.54, 1.807) is 36.0 Å². The number of methoxy groups -OCH3 is 1. The second kappa shape index (κ2) is 12.4. The van der Waals surface area contributed by atoms with E-state index in [1.165, 1.54) is 13.2 Å². The number of aromatic hydroxyl groups is 1. The molecule has 31 heavy (non-hydrogen) atoms. The molecular weight excluding hydrogens is 438 g/mol. The molecule has 7 nitrogen and oxygen atoms in total. The Kier molecular flexibility index (Phi) is 9.87. The zero-order valence-corrected chi connectivity index (χ0v) is 19.4. The number of thioether (sulfide) groups is 1. The average molecular weight is 466 g/mol. The van der Waals surface area contributed by atoms with E-state index in [0.717, 1.165) is 4.90 Å². The predicted octanol–water partition coefficient (Wildman–Crippen LogP) is 4.91. The number of thiol groups is 1. The molecule has 0 fully saturated rings. The van der Waals surface area contributed by atoms with Crippen molar-refractivity contribution in [2.75, 3.05) is 31.0 Å². The average Bonchev–Trinajstić information content (AvgIpc) is 2.77. The molecule has 0 aromatic heterocycles. The van der Waals surface area contributed by atoms with Crippen LogP contribution in [0.1, 0.15) is 25.0 Å². The molecule has 9 heteroatoms. The van der Waals surface area contributed by atoms with E-state index >= 15 is 0 Å². The quantitative estimate of drug-likeness (QED) is 0.261. The topological polar surface area (TPSA) is 94.1 Å². The Morgan fingerprint density at radius 1 is 1.19 bits per heavy atom. The largest absolute Gasteiger partial charge is 0.504 e. The van der Waals surface area contributed by atoms with Crippen LogP contribution >= 0.6 is 24.4 Å². The first-order valence-corrected chi connectivity index (χ1v) is 11.5. The second-order valence-electron chi connectivity index (χ2n) is 6.76. The molecule has 2 aromatic rings. The molecule has 0 bridgehead atoms. The van der Waals surface area contributed by atoms with Crippen molar-refractivity contribution in [1.29, 1.82) is 0 Å². The molecule has 0 saturated carbocycles. The highest BCUT2D eigenvalue weighted by molar-refractivity contribution is 7.98. The number of hydrogen-bond acceptors (Lipinski definition) is 8. The maximum Gasteiger partial charge on any atom is 0.412 e. The lowest BCUT2D eigenvalue weighted by Crippen LogP contribution is -2.23. The van der Waals surface area contributed by atoms with E-state index in [2.05, 4.69) is 17.9 Å². The monoisotopic (exact) mass is 465 g/mol. The van der Waals surface area contributed by atoms with Gasteiger partial charge in [-0.25, -0.2) is 4.79 Å². The fraction of sp³-hybridized carbons (Fsp3) is 0.364. The molecule has 2 N–H and O–H groups in total. The van der Waals surface area contributed by atoms with E-state index in [1.807, 2.05) is 25.3 Å². The predicted molar refractivity (Wildman–Crippen MR) is 124 cm³/mol. The van der Waals surface area contributed by atoms with Crippen LogP contribution in [0.25, 0.3) is 0 Å². The van der Waals surface area contributed by atoms with Crippen molar-refractivity contribution in [1.82, 2.24) is 0 Å². The smallest absolute Gasteiger partial charge is 0.412 e. The van der Waals surface area contributed by atoms with Crippen LogP contribution < -0.4 is 10.1 Å². The number of phenolic OH excluding ortho intramolecular Hbond substituents is 1. The van der Waals surface area contributed by atoms with Gasteiger partial charge in [0.25, 0.3) is 0 Å². The molecule has 2 atom stereocenters. The minimum absolute atomic E-state index is 0.00159. The summed E-state index contributed by atoms with van der Waals surface area (Å²) < 4.78 is 15.9. The van der Waals surface area contributed by atoms with Gasteiger partial charge in [0.15, 0.2) is 11.5 Å². The first kappa shape index (κ1) is 24.7. The number of carbonyl (C=O) groups is 2. The number of amides is 1. The van der Waals surface area contributed by atoms with E-state index in [9.17, 15) is 14.7 Å². The van der Waals surface area contributed by atoms with Gasteiger partial charge < -0.3 is 19.3 Å². The lowest BCUT2D eigenvalue weighted by molar-refractivity contribution is -0.141. The summed E-state index contributed by atoms with van der Waals surface area (Å²) in [6, 6.07) is 12.2. The van der Waals surface area contributed by atoms with Crippen LogP contribution in [-0.4, -0.2) is 42.9 Å². The summed E-state index contributed by atoms with van der Waals surface area (Å²) in [5.41, 5.74) is 1.20. The summed E-state index contributed by atoms with van der Waals surface area (Å²) in [6.45, 7) is 2.04. The summed E-state index contributed by atoms with van der Waals surface area (Å²) in [4.78, 5) is 25.0. The van der Waals surface area contributed by atoms with E-state index in [4.69, 9.17) is 14.2 Å². The SMILES string of the molecule is COc1ccc([C@H](OC(=O)Nc2ccc(SC)cc2)[C@H](C)CCOC(=O)CS)cc1O. The minimum Gasteiger partial charge on any atom is -0.504 e. The van der Waals surface area contributed by atoms with Crippen molar-refractivity contribution >= 4 is 42.1 Å². The van der Waals surface area contributed by atoms with Crippen molar-refractivity contribution in [2.45, 2.75) is 24.3 Å². The lowest BCUT2D eigenvalue weighted by atomic mass is 9.94. The number of rotatable bonds is 10. The summed E-state index contributed by atoms with van der Waals surface area (Å²) >= 11 is 5.49. The maximum atomic E-state index is 12.6. The highest BCUT2D eigenvalue weighted by Crippen LogP contribution is 2.35. The zero-order chi connectivity index (χ0) is 22.8. The Hall–Kier alpha value is -2.52. The molecule has 0 radical (unpaired) electrons. The Morgan fingerprint density at radius 2 is 1.90 bits per heavy atom. The molecule has 1 amide bonds. The Balaban J connectivity index is 2.14. The molecule has 0 aliphatic rings. The fourth-order valence-corrected chi connectivity index (χ4v) is 3.39. The summed E-state index contributed by atoms with van der Waals surface area (Å²) in [7, 11) is 1.46. The van der Waals surface area contributed by atoms with Gasteiger partial charge in [0.05, 0.1) is 19.5 Å². The molecule has 0 spiro atoms. The van der Waals surface area contributed by atoms with Crippen molar-refractivity contribution in [3.63, 3.8) is 0 Å². The highest BCUT2D eigenvalue weighted by atomic mass is 32.2. The first-order valence-electron chi connectivity index (χ1n) is 9.63. The van der Waals surface area contributed by atoms with Crippen LogP contribution in [0.4, 0.5) is 10.5 Å². The number of ether oxygens (including phenoxy) is 3. The van der Waals surface area contributed by atoms with Gasteiger partial charge in [-0.3, -0.25) is 10.1 Å². The standard InChI is InChI=1S/C22H27NO6S2/c1-14(10-11-28-20(25)13-30)21(15-4-9-19(27-2)18(24)12-15)29-22(26)23-16-5-7-17(31-3)8-6-16/h4-9,12,14,21,24,30H,10-11,13H2,1-3H3,(H,23,26)/t14-,21-/m1/s1. The molecular formula is C22H27NO6S2. The number of carbonyl (C=O) groups excluding carboxylic acids is 2. The third kappa shape index (κ3) is 7.59. The summed E-state index contributed by atoms with van der Waals surface area (Å²) in [6.07, 6.45) is 1.11. The molecule has 0 saturated heterocycles. The number of anilines is 1. The van der Waals surface area contributed by atoms with Gasteiger partial charge in [-0.15, -0.1) is 11.8 Å². The highest BCUT2D eigenvalue weighted by Gasteiger charge is 2.25. The molecule has 0 heterocycles. The first-order chi connectivity index (χ1) is 14.9. The normalized spacial score (nSPS) is 12.5. The maximum absolute atomic E-state index is 12.6. The van der Waals surface area contributed by atoms with Gasteiger partial charge in [0.2, 0.25) is 0 Å². The van der Waals surface area contributed by atoms with Crippen LogP contribution in [0, 0.1) is 5.92 Å². The molecule has 2 aromatic carbocycles. The van der Waals surface area contributed by atoms with Gasteiger partial charge in [0.1, 0.15) is 6.10 Å². The molecule has 2 rings (SSSR count). The third-order valence-corrected chi connectivity index (χ3v) is 5.59. The van der Waals surface area contributed by atoms with Gasteiger partial charge in [-0.2, -0.15) is 12.6 Å². The van der Waals surface area contributed by atoms with Crippen LogP contribution in [0.2, 0.25) is 0 Å². The van der Waals surface area contributed by atoms with Gasteiger partial charge in [-0.1, -0.05) is 13.0 Å². The van der Waals surface area contributed by atoms with Crippen molar-refractivity contribution < 1.29 is 28.9 Å². The fourth-order valence-electron chi connectivity index (χ4n) is 2.89. The zero-order valence-electron chi connectivity index (χ0n) is 17.7. The molecule has 0 aliphatic carbocycles. The second-order valence-corrected chi connectivity index (χ2v) is 7.95. The van der Waals surface area contributed by atoms with Gasteiger partial charge >= 0.3 is 12.1 Å². The van der Waals surface area contributed by atoms with E-state index < -0.39 is 18.2 Å². The summed E-state index contributed by atoms with van der Waals surface area (Å²) in [5, 5.41) is 12.9.